The van der Waals surface area contributed by atoms with Crippen LogP contribution in [0.5, 0.6) is 11.5 Å². The zero-order valence-electron chi connectivity index (χ0n) is 20.6. The first-order chi connectivity index (χ1) is 15.6. The first kappa shape index (κ1) is 23.4. The highest BCUT2D eigenvalue weighted by molar-refractivity contribution is 5.68. The number of alkyl carbamates (subject to hydrolysis) is 1. The Morgan fingerprint density at radius 1 is 1.15 bits per heavy atom. The molecule has 1 fully saturated rings. The number of phenolic OH excluding ortho intramolecular Hbond substituents is 1. The molecule has 33 heavy (non-hydrogen) atoms. The molecule has 0 radical (unpaired) electrons. The van der Waals surface area contributed by atoms with Crippen LogP contribution in [0.4, 0.5) is 4.79 Å². The van der Waals surface area contributed by atoms with Crippen LogP contribution in [0.2, 0.25) is 0 Å². The monoisotopic (exact) mass is 452 g/mol. The predicted octanol–water partition coefficient (Wildman–Crippen LogP) is 5.00. The van der Waals surface area contributed by atoms with Gasteiger partial charge in [0, 0.05) is 31.1 Å². The number of aromatic hydroxyl groups is 1. The number of carbonyl (C=O) groups excluding carboxylic acids is 1. The van der Waals surface area contributed by atoms with Crippen LogP contribution in [0.25, 0.3) is 0 Å². The van der Waals surface area contributed by atoms with E-state index in [2.05, 4.69) is 42.3 Å². The lowest BCUT2D eigenvalue weighted by Crippen LogP contribution is -2.53. The number of benzene rings is 2. The van der Waals surface area contributed by atoms with E-state index in [1.807, 2.05) is 32.9 Å². The average molecular weight is 453 g/mol. The molecule has 2 aromatic carbocycles. The molecular weight excluding hydrogens is 416 g/mol. The van der Waals surface area contributed by atoms with Gasteiger partial charge in [-0.3, -0.25) is 4.90 Å². The average Bonchev–Trinajstić information content (AvgIpc) is 2.73. The van der Waals surface area contributed by atoms with Crippen molar-refractivity contribution in [1.82, 2.24) is 10.2 Å². The van der Waals surface area contributed by atoms with Gasteiger partial charge in [0.2, 0.25) is 0 Å². The molecule has 2 heterocycles. The Bertz CT molecular complexity index is 1040. The largest absolute Gasteiger partial charge is 0.504 e. The summed E-state index contributed by atoms with van der Waals surface area (Å²) in [6, 6.07) is 10.4. The third kappa shape index (κ3) is 4.96. The van der Waals surface area contributed by atoms with Crippen LogP contribution in [0.1, 0.15) is 67.0 Å². The Morgan fingerprint density at radius 2 is 1.91 bits per heavy atom. The molecule has 3 atom stereocenters. The molecule has 1 saturated heterocycles. The molecule has 2 aliphatic heterocycles. The summed E-state index contributed by atoms with van der Waals surface area (Å²) in [6.45, 7) is 11.7. The van der Waals surface area contributed by atoms with Crippen molar-refractivity contribution in [3.05, 3.63) is 58.1 Å². The minimum absolute atomic E-state index is 0.0765. The third-order valence-corrected chi connectivity index (χ3v) is 6.84. The fraction of sp³-hybridized carbons (Fsp3) is 0.519. The highest BCUT2D eigenvalue weighted by Gasteiger charge is 2.41. The molecule has 0 aliphatic carbocycles. The molecule has 0 saturated carbocycles. The summed E-state index contributed by atoms with van der Waals surface area (Å²) < 4.78 is 11.0. The van der Waals surface area contributed by atoms with Gasteiger partial charge in [-0.2, -0.15) is 0 Å². The van der Waals surface area contributed by atoms with Crippen molar-refractivity contribution in [1.29, 1.82) is 0 Å². The molecule has 2 N–H and O–H groups in total. The van der Waals surface area contributed by atoms with Crippen LogP contribution >= 0.6 is 0 Å². The van der Waals surface area contributed by atoms with Crippen LogP contribution in [0, 0.1) is 13.8 Å². The maximum atomic E-state index is 12.8. The molecule has 178 valence electrons. The fourth-order valence-corrected chi connectivity index (χ4v) is 5.31. The Morgan fingerprint density at radius 3 is 2.61 bits per heavy atom. The van der Waals surface area contributed by atoms with Crippen molar-refractivity contribution in [2.45, 2.75) is 71.1 Å². The standard InChI is InChI=1S/C27H36N2O4/c1-16-7-8-17(2)19(11-16)21-15-29-10-9-18-12-24(30)25(32-6)13-20(18)23(29)14-22(21)28-26(31)33-27(3,4)5/h7-8,11-13,21-23,30H,9-10,14-15H2,1-6H3,(H,28,31). The molecule has 0 spiro atoms. The molecule has 1 amide bonds. The maximum absolute atomic E-state index is 12.8. The van der Waals surface area contributed by atoms with Crippen molar-refractivity contribution in [2.75, 3.05) is 20.2 Å². The number of piperidine rings is 1. The minimum atomic E-state index is -0.554. The smallest absolute Gasteiger partial charge is 0.407 e. The number of hydrogen-bond acceptors (Lipinski definition) is 5. The lowest BCUT2D eigenvalue weighted by Gasteiger charge is -2.47. The van der Waals surface area contributed by atoms with E-state index in [1.54, 1.807) is 7.11 Å². The predicted molar refractivity (Wildman–Crippen MR) is 129 cm³/mol. The number of nitrogens with one attached hydrogen (secondary N) is 1. The van der Waals surface area contributed by atoms with E-state index in [4.69, 9.17) is 9.47 Å². The topological polar surface area (TPSA) is 71.0 Å². The van der Waals surface area contributed by atoms with E-state index in [0.29, 0.717) is 5.75 Å². The number of rotatable bonds is 3. The number of nitrogens with zero attached hydrogens (tertiary/aromatic N) is 1. The maximum Gasteiger partial charge on any atom is 0.407 e. The van der Waals surface area contributed by atoms with Crippen LogP contribution in [-0.4, -0.2) is 47.9 Å². The van der Waals surface area contributed by atoms with Crippen molar-refractivity contribution in [3.8, 4) is 11.5 Å². The quantitative estimate of drug-likeness (QED) is 0.686. The van der Waals surface area contributed by atoms with Gasteiger partial charge in [-0.15, -0.1) is 0 Å². The number of carbonyl (C=O) groups is 1. The van der Waals surface area contributed by atoms with E-state index in [1.165, 1.54) is 22.3 Å². The first-order valence-electron chi connectivity index (χ1n) is 11.8. The molecular formula is C27H36N2O4. The minimum Gasteiger partial charge on any atom is -0.504 e. The van der Waals surface area contributed by atoms with Crippen LogP contribution in [-0.2, 0) is 11.2 Å². The summed E-state index contributed by atoms with van der Waals surface area (Å²) in [5.41, 5.74) is 5.51. The Labute approximate surface area is 196 Å². The van der Waals surface area contributed by atoms with Gasteiger partial charge in [-0.05, 0) is 81.8 Å². The van der Waals surface area contributed by atoms with Gasteiger partial charge in [0.15, 0.2) is 11.5 Å². The zero-order chi connectivity index (χ0) is 23.9. The second-order valence-corrected chi connectivity index (χ2v) is 10.4. The molecule has 0 bridgehead atoms. The Balaban J connectivity index is 1.70. The highest BCUT2D eigenvalue weighted by atomic mass is 16.6. The van der Waals surface area contributed by atoms with Gasteiger partial charge < -0.3 is 19.9 Å². The summed E-state index contributed by atoms with van der Waals surface area (Å²) in [6.07, 6.45) is 1.27. The van der Waals surface area contributed by atoms with Crippen molar-refractivity contribution >= 4 is 6.09 Å². The third-order valence-electron chi connectivity index (χ3n) is 6.84. The summed E-state index contributed by atoms with van der Waals surface area (Å²) in [5.74, 6) is 0.829. The van der Waals surface area contributed by atoms with E-state index < -0.39 is 5.60 Å². The van der Waals surface area contributed by atoms with E-state index >= 15 is 0 Å². The number of aryl methyl sites for hydroxylation is 2. The molecule has 2 aliphatic rings. The highest BCUT2D eigenvalue weighted by Crippen LogP contribution is 2.45. The number of methoxy groups -OCH3 is 1. The molecule has 6 nitrogen and oxygen atoms in total. The van der Waals surface area contributed by atoms with Crippen LogP contribution < -0.4 is 10.1 Å². The van der Waals surface area contributed by atoms with Gasteiger partial charge in [0.05, 0.1) is 7.11 Å². The lowest BCUT2D eigenvalue weighted by molar-refractivity contribution is 0.0412. The normalized spacial score (nSPS) is 22.8. The molecule has 0 aromatic heterocycles. The second kappa shape index (κ2) is 8.90. The summed E-state index contributed by atoms with van der Waals surface area (Å²) in [7, 11) is 1.58. The number of phenols is 1. The van der Waals surface area contributed by atoms with Gasteiger partial charge >= 0.3 is 6.09 Å². The van der Waals surface area contributed by atoms with Crippen LogP contribution in [0.15, 0.2) is 30.3 Å². The molecule has 6 heteroatoms. The SMILES string of the molecule is COc1cc2c(cc1O)CCN1CC(c3cc(C)ccc3C)C(NC(=O)OC(C)(C)C)CC21. The second-order valence-electron chi connectivity index (χ2n) is 10.4. The Hall–Kier alpha value is -2.73. The summed E-state index contributed by atoms with van der Waals surface area (Å²) in [4.78, 5) is 15.3. The van der Waals surface area contributed by atoms with Crippen molar-refractivity contribution in [3.63, 3.8) is 0 Å². The van der Waals surface area contributed by atoms with E-state index in [9.17, 15) is 9.90 Å². The van der Waals surface area contributed by atoms with Gasteiger partial charge in [-0.1, -0.05) is 23.8 Å². The van der Waals surface area contributed by atoms with Crippen molar-refractivity contribution in [2.24, 2.45) is 0 Å². The first-order valence-corrected chi connectivity index (χ1v) is 11.8. The molecule has 3 unspecified atom stereocenters. The van der Waals surface area contributed by atoms with Gasteiger partial charge in [-0.25, -0.2) is 4.79 Å². The fourth-order valence-electron chi connectivity index (χ4n) is 5.31. The van der Waals surface area contributed by atoms with Crippen molar-refractivity contribution < 1.29 is 19.4 Å². The Kier molecular flexibility index (Phi) is 6.32. The number of amides is 1. The number of fused-ring (bicyclic) bond motifs is 3. The van der Waals surface area contributed by atoms with Crippen LogP contribution in [0.3, 0.4) is 0 Å². The zero-order valence-corrected chi connectivity index (χ0v) is 20.6. The van der Waals surface area contributed by atoms with E-state index in [0.717, 1.165) is 31.5 Å². The summed E-state index contributed by atoms with van der Waals surface area (Å²) >= 11 is 0. The molecule has 2 aromatic rings. The van der Waals surface area contributed by atoms with Gasteiger partial charge in [0.1, 0.15) is 5.60 Å². The molecule has 4 rings (SSSR count). The number of ether oxygens (including phenoxy) is 2. The van der Waals surface area contributed by atoms with E-state index in [-0.39, 0.29) is 29.8 Å². The van der Waals surface area contributed by atoms with Gasteiger partial charge in [0.25, 0.3) is 0 Å². The summed E-state index contributed by atoms with van der Waals surface area (Å²) in [5, 5.41) is 13.5. The lowest BCUT2D eigenvalue weighted by atomic mass is 9.76. The number of hydrogen-bond donors (Lipinski definition) is 2.